The van der Waals surface area contributed by atoms with E-state index in [0.29, 0.717) is 22.7 Å². The Morgan fingerprint density at radius 2 is 2.30 bits per heavy atom. The molecule has 0 saturated heterocycles. The van der Waals surface area contributed by atoms with Crippen molar-refractivity contribution >= 4 is 32.6 Å². The van der Waals surface area contributed by atoms with E-state index in [-0.39, 0.29) is 5.91 Å². The van der Waals surface area contributed by atoms with Crippen molar-refractivity contribution in [1.29, 1.82) is 0 Å². The highest BCUT2D eigenvalue weighted by molar-refractivity contribution is 7.22. The van der Waals surface area contributed by atoms with Gasteiger partial charge in [0.2, 0.25) is 0 Å². The van der Waals surface area contributed by atoms with Gasteiger partial charge < -0.3 is 11.1 Å². The standard InChI is InChI=1S/C15H19N3OS/c1-9-3-2-4-11(7-9)17-14(19)10-5-6-12-13(8-10)20-15(16)18-12/h5-6,8-9,11H,2-4,7H2,1H3,(H2,16,18)(H,17,19). The zero-order valence-corrected chi connectivity index (χ0v) is 12.4. The normalized spacial score (nSPS) is 22.9. The van der Waals surface area contributed by atoms with Crippen LogP contribution in [0.2, 0.25) is 0 Å². The van der Waals surface area contributed by atoms with E-state index in [0.717, 1.165) is 23.1 Å². The van der Waals surface area contributed by atoms with Crippen LogP contribution in [0.1, 0.15) is 43.0 Å². The molecule has 1 amide bonds. The van der Waals surface area contributed by atoms with Gasteiger partial charge in [-0.25, -0.2) is 4.98 Å². The SMILES string of the molecule is CC1CCCC(NC(=O)c2ccc3nc(N)sc3c2)C1. The van der Waals surface area contributed by atoms with Crippen molar-refractivity contribution < 1.29 is 4.79 Å². The van der Waals surface area contributed by atoms with Gasteiger partial charge in [-0.2, -0.15) is 0 Å². The van der Waals surface area contributed by atoms with E-state index in [9.17, 15) is 4.79 Å². The van der Waals surface area contributed by atoms with E-state index in [1.807, 2.05) is 18.2 Å². The van der Waals surface area contributed by atoms with Crippen molar-refractivity contribution in [2.45, 2.75) is 38.6 Å². The number of nitrogens with two attached hydrogens (primary N) is 1. The average Bonchev–Trinajstić information content (AvgIpc) is 2.77. The molecule has 0 aliphatic heterocycles. The lowest BCUT2D eigenvalue weighted by atomic mass is 9.87. The van der Waals surface area contributed by atoms with Gasteiger partial charge >= 0.3 is 0 Å². The van der Waals surface area contributed by atoms with Crippen LogP contribution in [0.25, 0.3) is 10.2 Å². The summed E-state index contributed by atoms with van der Waals surface area (Å²) >= 11 is 1.42. The minimum Gasteiger partial charge on any atom is -0.375 e. The molecular formula is C15H19N3OS. The molecule has 3 rings (SSSR count). The minimum absolute atomic E-state index is 0.0120. The van der Waals surface area contributed by atoms with Crippen LogP contribution in [-0.4, -0.2) is 16.9 Å². The number of anilines is 1. The molecule has 1 aromatic carbocycles. The fourth-order valence-corrected chi connectivity index (χ4v) is 3.69. The van der Waals surface area contributed by atoms with E-state index in [4.69, 9.17) is 5.73 Å². The molecule has 20 heavy (non-hydrogen) atoms. The summed E-state index contributed by atoms with van der Waals surface area (Å²) in [5, 5.41) is 3.69. The van der Waals surface area contributed by atoms with Crippen LogP contribution in [0, 0.1) is 5.92 Å². The summed E-state index contributed by atoms with van der Waals surface area (Å²) in [4.78, 5) is 16.5. The topological polar surface area (TPSA) is 68.0 Å². The number of aromatic nitrogens is 1. The Morgan fingerprint density at radius 3 is 3.10 bits per heavy atom. The second-order valence-corrected chi connectivity index (χ2v) is 6.74. The highest BCUT2D eigenvalue weighted by Crippen LogP contribution is 2.26. The Balaban J connectivity index is 1.74. The first-order valence-electron chi connectivity index (χ1n) is 7.09. The van der Waals surface area contributed by atoms with Crippen molar-refractivity contribution in [3.8, 4) is 0 Å². The van der Waals surface area contributed by atoms with Gasteiger partial charge in [-0.15, -0.1) is 0 Å². The molecule has 1 heterocycles. The van der Waals surface area contributed by atoms with Crippen molar-refractivity contribution in [3.63, 3.8) is 0 Å². The van der Waals surface area contributed by atoms with Gasteiger partial charge in [-0.05, 0) is 37.0 Å². The molecule has 1 aromatic heterocycles. The van der Waals surface area contributed by atoms with Crippen LogP contribution >= 0.6 is 11.3 Å². The van der Waals surface area contributed by atoms with Gasteiger partial charge in [0, 0.05) is 11.6 Å². The van der Waals surface area contributed by atoms with Gasteiger partial charge in [0.25, 0.3) is 5.91 Å². The third-order valence-corrected chi connectivity index (χ3v) is 4.79. The monoisotopic (exact) mass is 289 g/mol. The smallest absolute Gasteiger partial charge is 0.251 e. The van der Waals surface area contributed by atoms with E-state index in [1.165, 1.54) is 24.2 Å². The lowest BCUT2D eigenvalue weighted by Crippen LogP contribution is -2.37. The number of amides is 1. The Morgan fingerprint density at radius 1 is 1.45 bits per heavy atom. The molecule has 2 aromatic rings. The Bertz CT molecular complexity index is 637. The highest BCUT2D eigenvalue weighted by Gasteiger charge is 2.21. The van der Waals surface area contributed by atoms with Crippen LogP contribution in [0.5, 0.6) is 0 Å². The zero-order chi connectivity index (χ0) is 14.1. The quantitative estimate of drug-likeness (QED) is 0.892. The summed E-state index contributed by atoms with van der Waals surface area (Å²) in [6.45, 7) is 2.25. The molecular weight excluding hydrogens is 270 g/mol. The number of rotatable bonds is 2. The van der Waals surface area contributed by atoms with Crippen LogP contribution < -0.4 is 11.1 Å². The largest absolute Gasteiger partial charge is 0.375 e. The molecule has 5 heteroatoms. The van der Waals surface area contributed by atoms with Crippen molar-refractivity contribution in [1.82, 2.24) is 10.3 Å². The van der Waals surface area contributed by atoms with Crippen LogP contribution in [0.3, 0.4) is 0 Å². The molecule has 1 aliphatic carbocycles. The first kappa shape index (κ1) is 13.4. The van der Waals surface area contributed by atoms with Gasteiger partial charge in [0.15, 0.2) is 5.13 Å². The summed E-state index contributed by atoms with van der Waals surface area (Å²) in [6.07, 6.45) is 4.66. The number of carbonyl (C=O) groups excluding carboxylic acids is 1. The summed E-state index contributed by atoms with van der Waals surface area (Å²) in [5.41, 5.74) is 7.24. The number of thiazole rings is 1. The van der Waals surface area contributed by atoms with Crippen molar-refractivity contribution in [3.05, 3.63) is 23.8 Å². The number of hydrogen-bond donors (Lipinski definition) is 2. The zero-order valence-electron chi connectivity index (χ0n) is 11.6. The van der Waals surface area contributed by atoms with E-state index >= 15 is 0 Å². The molecule has 1 fully saturated rings. The second kappa shape index (κ2) is 5.40. The average molecular weight is 289 g/mol. The van der Waals surface area contributed by atoms with E-state index in [1.54, 1.807) is 0 Å². The van der Waals surface area contributed by atoms with Gasteiger partial charge in [-0.3, -0.25) is 4.79 Å². The third kappa shape index (κ3) is 2.77. The summed E-state index contributed by atoms with van der Waals surface area (Å²) in [7, 11) is 0. The first-order chi connectivity index (χ1) is 9.61. The molecule has 0 bridgehead atoms. The van der Waals surface area contributed by atoms with Crippen molar-refractivity contribution in [2.75, 3.05) is 5.73 Å². The molecule has 1 aliphatic rings. The maximum atomic E-state index is 12.3. The predicted molar refractivity (Wildman–Crippen MR) is 82.9 cm³/mol. The Kier molecular flexibility index (Phi) is 3.61. The van der Waals surface area contributed by atoms with Crippen LogP contribution in [-0.2, 0) is 0 Å². The van der Waals surface area contributed by atoms with Gasteiger partial charge in [0.1, 0.15) is 0 Å². The predicted octanol–water partition coefficient (Wildman–Crippen LogP) is 3.19. The maximum absolute atomic E-state index is 12.3. The number of nitrogens with zero attached hydrogens (tertiary/aromatic N) is 1. The lowest BCUT2D eigenvalue weighted by molar-refractivity contribution is 0.0921. The molecule has 2 atom stereocenters. The number of nitrogen functional groups attached to an aromatic ring is 1. The highest BCUT2D eigenvalue weighted by atomic mass is 32.1. The number of nitrogens with one attached hydrogen (secondary N) is 1. The van der Waals surface area contributed by atoms with Crippen molar-refractivity contribution in [2.24, 2.45) is 5.92 Å². The minimum atomic E-state index is 0.0120. The molecule has 3 N–H and O–H groups in total. The summed E-state index contributed by atoms with van der Waals surface area (Å²) < 4.78 is 0.965. The lowest BCUT2D eigenvalue weighted by Gasteiger charge is -2.27. The first-order valence-corrected chi connectivity index (χ1v) is 7.90. The van der Waals surface area contributed by atoms with Crippen LogP contribution in [0.15, 0.2) is 18.2 Å². The summed E-state index contributed by atoms with van der Waals surface area (Å²) in [5.74, 6) is 0.718. The van der Waals surface area contributed by atoms with E-state index in [2.05, 4.69) is 17.2 Å². The molecule has 4 nitrogen and oxygen atoms in total. The molecule has 0 radical (unpaired) electrons. The Labute approximate surface area is 122 Å². The second-order valence-electron chi connectivity index (χ2n) is 5.68. The molecule has 0 spiro atoms. The molecule has 1 saturated carbocycles. The van der Waals surface area contributed by atoms with E-state index < -0.39 is 0 Å². The molecule has 2 unspecified atom stereocenters. The third-order valence-electron chi connectivity index (χ3n) is 3.94. The molecule has 106 valence electrons. The van der Waals surface area contributed by atoms with Gasteiger partial charge in [0.05, 0.1) is 10.2 Å². The number of benzene rings is 1. The summed E-state index contributed by atoms with van der Waals surface area (Å²) in [6, 6.07) is 5.88. The maximum Gasteiger partial charge on any atom is 0.251 e. The number of fused-ring (bicyclic) bond motifs is 1. The number of hydrogen-bond acceptors (Lipinski definition) is 4. The fraction of sp³-hybridized carbons (Fsp3) is 0.467. The fourth-order valence-electron chi connectivity index (χ4n) is 2.92. The Hall–Kier alpha value is -1.62. The van der Waals surface area contributed by atoms with Gasteiger partial charge in [-0.1, -0.05) is 31.1 Å². The van der Waals surface area contributed by atoms with Crippen LogP contribution in [0.4, 0.5) is 5.13 Å². The number of carbonyl (C=O) groups is 1.